The molecule has 0 spiro atoms. The van der Waals surface area contributed by atoms with E-state index in [0.717, 1.165) is 0 Å². The first-order valence-electron chi connectivity index (χ1n) is 4.78. The fourth-order valence-electron chi connectivity index (χ4n) is 2.06. The SMILES string of the molecule is CC(=O)O[C@H]1C=CC[C@H]2C(=O)NC(=O)[C@@H]12. The Hall–Kier alpha value is -1.65. The quantitative estimate of drug-likeness (QED) is 0.368. The topological polar surface area (TPSA) is 72.5 Å². The number of rotatable bonds is 1. The lowest BCUT2D eigenvalue weighted by Gasteiger charge is -2.25. The molecule has 0 radical (unpaired) electrons. The van der Waals surface area contributed by atoms with E-state index in [9.17, 15) is 14.4 Å². The van der Waals surface area contributed by atoms with Gasteiger partial charge in [-0.2, -0.15) is 0 Å². The van der Waals surface area contributed by atoms with E-state index >= 15 is 0 Å². The Kier molecular flexibility index (Phi) is 2.30. The van der Waals surface area contributed by atoms with Gasteiger partial charge in [-0.25, -0.2) is 0 Å². The van der Waals surface area contributed by atoms with Gasteiger partial charge in [0.15, 0.2) is 0 Å². The van der Waals surface area contributed by atoms with Gasteiger partial charge in [0, 0.05) is 6.92 Å². The number of imide groups is 1. The third-order valence-corrected chi connectivity index (χ3v) is 2.69. The molecule has 0 aromatic carbocycles. The number of ether oxygens (including phenoxy) is 1. The van der Waals surface area contributed by atoms with Crippen LogP contribution in [0, 0.1) is 11.8 Å². The second-order valence-corrected chi connectivity index (χ2v) is 3.72. The lowest BCUT2D eigenvalue weighted by molar-refractivity contribution is -0.149. The molecule has 2 aliphatic rings. The zero-order valence-electron chi connectivity index (χ0n) is 8.23. The summed E-state index contributed by atoms with van der Waals surface area (Å²) in [5.41, 5.74) is 0. The minimum Gasteiger partial charge on any atom is -0.457 e. The number of nitrogens with one attached hydrogen (secondary N) is 1. The first-order valence-corrected chi connectivity index (χ1v) is 4.78. The molecule has 1 aliphatic heterocycles. The molecule has 0 aromatic rings. The summed E-state index contributed by atoms with van der Waals surface area (Å²) < 4.78 is 4.99. The molecule has 3 atom stereocenters. The zero-order valence-corrected chi connectivity index (χ0v) is 8.23. The van der Waals surface area contributed by atoms with Gasteiger partial charge < -0.3 is 4.74 Å². The van der Waals surface area contributed by atoms with Crippen LogP contribution < -0.4 is 5.32 Å². The molecule has 1 aliphatic carbocycles. The Morgan fingerprint density at radius 3 is 2.87 bits per heavy atom. The van der Waals surface area contributed by atoms with E-state index in [1.807, 2.05) is 0 Å². The third kappa shape index (κ3) is 1.65. The Labute approximate surface area is 86.5 Å². The maximum absolute atomic E-state index is 11.5. The van der Waals surface area contributed by atoms with Gasteiger partial charge >= 0.3 is 5.97 Å². The number of carbonyl (C=O) groups excluding carboxylic acids is 3. The van der Waals surface area contributed by atoms with Crippen LogP contribution in [0.3, 0.4) is 0 Å². The van der Waals surface area contributed by atoms with Crippen LogP contribution in [0.5, 0.6) is 0 Å². The molecule has 1 saturated heterocycles. The number of allylic oxidation sites excluding steroid dienone is 1. The summed E-state index contributed by atoms with van der Waals surface area (Å²) in [5.74, 6) is -2.00. The first kappa shape index (κ1) is 9.89. The molecule has 5 nitrogen and oxygen atoms in total. The molecule has 0 aromatic heterocycles. The van der Waals surface area contributed by atoms with Crippen molar-refractivity contribution in [3.8, 4) is 0 Å². The molecular formula is C10H11NO4. The van der Waals surface area contributed by atoms with Crippen molar-refractivity contribution in [2.75, 3.05) is 0 Å². The van der Waals surface area contributed by atoms with Crippen molar-refractivity contribution in [1.82, 2.24) is 5.32 Å². The fourth-order valence-corrected chi connectivity index (χ4v) is 2.06. The highest BCUT2D eigenvalue weighted by atomic mass is 16.5. The molecule has 15 heavy (non-hydrogen) atoms. The lowest BCUT2D eigenvalue weighted by Crippen LogP contribution is -2.35. The van der Waals surface area contributed by atoms with Crippen molar-refractivity contribution < 1.29 is 19.1 Å². The van der Waals surface area contributed by atoms with Gasteiger partial charge in [0.05, 0.1) is 11.8 Å². The monoisotopic (exact) mass is 209 g/mol. The standard InChI is InChI=1S/C10H11NO4/c1-5(12)15-7-4-2-3-6-8(7)10(14)11-9(6)13/h2,4,6-8H,3H2,1H3,(H,11,13,14)/t6-,7+,8-/m1/s1. The average Bonchev–Trinajstić information content (AvgIpc) is 2.43. The van der Waals surface area contributed by atoms with Crippen molar-refractivity contribution in [1.29, 1.82) is 0 Å². The van der Waals surface area contributed by atoms with E-state index in [4.69, 9.17) is 4.74 Å². The molecule has 1 fully saturated rings. The van der Waals surface area contributed by atoms with Gasteiger partial charge in [-0.15, -0.1) is 0 Å². The number of amides is 2. The van der Waals surface area contributed by atoms with Crippen LogP contribution in [0.25, 0.3) is 0 Å². The highest BCUT2D eigenvalue weighted by Gasteiger charge is 2.47. The minimum atomic E-state index is -0.604. The average molecular weight is 209 g/mol. The normalized spacial score (nSPS) is 33.5. The van der Waals surface area contributed by atoms with Crippen molar-refractivity contribution in [3.63, 3.8) is 0 Å². The summed E-state index contributed by atoms with van der Waals surface area (Å²) in [4.78, 5) is 33.6. The summed E-state index contributed by atoms with van der Waals surface area (Å²) in [6.07, 6.45) is 3.36. The number of hydrogen-bond acceptors (Lipinski definition) is 4. The van der Waals surface area contributed by atoms with Crippen LogP contribution in [0.1, 0.15) is 13.3 Å². The lowest BCUT2D eigenvalue weighted by atomic mass is 9.83. The molecular weight excluding hydrogens is 198 g/mol. The van der Waals surface area contributed by atoms with Gasteiger partial charge in [-0.3, -0.25) is 19.7 Å². The third-order valence-electron chi connectivity index (χ3n) is 2.69. The minimum absolute atomic E-state index is 0.272. The summed E-state index contributed by atoms with van der Waals surface area (Å²) >= 11 is 0. The Morgan fingerprint density at radius 2 is 2.20 bits per heavy atom. The van der Waals surface area contributed by atoms with Gasteiger partial charge in [0.2, 0.25) is 11.8 Å². The first-order chi connectivity index (χ1) is 7.09. The second kappa shape index (κ2) is 3.49. The van der Waals surface area contributed by atoms with Gasteiger partial charge in [0.25, 0.3) is 0 Å². The summed E-state index contributed by atoms with van der Waals surface area (Å²) in [6, 6.07) is 0. The molecule has 0 unspecified atom stereocenters. The van der Waals surface area contributed by atoms with Crippen LogP contribution in [0.2, 0.25) is 0 Å². The molecule has 80 valence electrons. The zero-order chi connectivity index (χ0) is 11.0. The Bertz CT molecular complexity index is 360. The predicted molar refractivity (Wildman–Crippen MR) is 49.4 cm³/mol. The number of carbonyl (C=O) groups is 3. The highest BCUT2D eigenvalue weighted by molar-refractivity contribution is 6.05. The van der Waals surface area contributed by atoms with Crippen molar-refractivity contribution in [2.24, 2.45) is 11.8 Å². The molecule has 1 heterocycles. The Balaban J connectivity index is 2.22. The number of fused-ring (bicyclic) bond motifs is 1. The maximum atomic E-state index is 11.5. The van der Waals surface area contributed by atoms with Gasteiger partial charge in [-0.05, 0) is 12.5 Å². The van der Waals surface area contributed by atoms with E-state index in [1.54, 1.807) is 12.2 Å². The predicted octanol–water partition coefficient (Wildman–Crippen LogP) is -0.233. The van der Waals surface area contributed by atoms with E-state index in [0.29, 0.717) is 6.42 Å². The maximum Gasteiger partial charge on any atom is 0.303 e. The van der Waals surface area contributed by atoms with Crippen molar-refractivity contribution in [2.45, 2.75) is 19.4 Å². The largest absolute Gasteiger partial charge is 0.457 e. The molecule has 0 bridgehead atoms. The molecule has 2 amide bonds. The molecule has 5 heteroatoms. The molecule has 0 saturated carbocycles. The second-order valence-electron chi connectivity index (χ2n) is 3.72. The van der Waals surface area contributed by atoms with Crippen LogP contribution in [-0.4, -0.2) is 23.9 Å². The van der Waals surface area contributed by atoms with E-state index in [1.165, 1.54) is 6.92 Å². The van der Waals surface area contributed by atoms with Gasteiger partial charge in [-0.1, -0.05) is 6.08 Å². The van der Waals surface area contributed by atoms with Crippen molar-refractivity contribution in [3.05, 3.63) is 12.2 Å². The van der Waals surface area contributed by atoms with Crippen LogP contribution in [-0.2, 0) is 19.1 Å². The summed E-state index contributed by atoms with van der Waals surface area (Å²) in [5, 5.41) is 2.25. The molecule has 1 N–H and O–H groups in total. The van der Waals surface area contributed by atoms with E-state index in [2.05, 4.69) is 5.32 Å². The van der Waals surface area contributed by atoms with Crippen LogP contribution in [0.15, 0.2) is 12.2 Å². The van der Waals surface area contributed by atoms with Crippen molar-refractivity contribution >= 4 is 17.8 Å². The van der Waals surface area contributed by atoms with E-state index < -0.39 is 18.0 Å². The van der Waals surface area contributed by atoms with Gasteiger partial charge in [0.1, 0.15) is 6.10 Å². The summed E-state index contributed by atoms with van der Waals surface area (Å²) in [7, 11) is 0. The highest BCUT2D eigenvalue weighted by Crippen LogP contribution is 2.32. The number of hydrogen-bond donors (Lipinski definition) is 1. The van der Waals surface area contributed by atoms with Crippen LogP contribution >= 0.6 is 0 Å². The molecule has 2 rings (SSSR count). The summed E-state index contributed by atoms with van der Waals surface area (Å²) in [6.45, 7) is 1.28. The smallest absolute Gasteiger partial charge is 0.303 e. The Morgan fingerprint density at radius 1 is 1.47 bits per heavy atom. The van der Waals surface area contributed by atoms with E-state index in [-0.39, 0.29) is 17.7 Å². The number of esters is 1. The fraction of sp³-hybridized carbons (Fsp3) is 0.500. The van der Waals surface area contributed by atoms with Crippen LogP contribution in [0.4, 0.5) is 0 Å².